The Balaban J connectivity index is 2.18. The van der Waals surface area contributed by atoms with Crippen LogP contribution in [0.5, 0.6) is 0 Å². The number of hydrogen-bond acceptors (Lipinski definition) is 3. The van der Waals surface area contributed by atoms with E-state index in [0.29, 0.717) is 6.42 Å². The number of aliphatic hydroxyl groups excluding tert-OH is 2. The summed E-state index contributed by atoms with van der Waals surface area (Å²) in [6, 6.07) is 0. The third-order valence-corrected chi connectivity index (χ3v) is 2.09. The Morgan fingerprint density at radius 3 is 2.73 bits per heavy atom. The molecule has 0 saturated carbocycles. The first-order chi connectivity index (χ1) is 5.20. The van der Waals surface area contributed by atoms with Crippen molar-refractivity contribution in [2.75, 3.05) is 6.61 Å². The topological polar surface area (TPSA) is 49.7 Å². The van der Waals surface area contributed by atoms with E-state index in [2.05, 4.69) is 0 Å². The molecule has 0 aromatic rings. The lowest BCUT2D eigenvalue weighted by atomic mass is 10.1. The van der Waals surface area contributed by atoms with E-state index in [4.69, 9.17) is 9.84 Å². The molecule has 3 nitrogen and oxygen atoms in total. The molecule has 0 aromatic carbocycles. The van der Waals surface area contributed by atoms with Gasteiger partial charge in [-0.2, -0.15) is 0 Å². The molecule has 11 heavy (non-hydrogen) atoms. The largest absolute Gasteiger partial charge is 0.391 e. The molecule has 1 saturated heterocycles. The van der Waals surface area contributed by atoms with Crippen LogP contribution in [0, 0.1) is 0 Å². The Morgan fingerprint density at radius 1 is 1.55 bits per heavy atom. The standard InChI is InChI=1S/C8H16O3/c1-6(9)8(10)5-7-3-2-4-11-7/h6-10H,2-5H2,1H3. The molecule has 3 unspecified atom stereocenters. The first-order valence-electron chi connectivity index (χ1n) is 4.18. The summed E-state index contributed by atoms with van der Waals surface area (Å²) in [6.45, 7) is 2.40. The molecule has 0 bridgehead atoms. The maximum Gasteiger partial charge on any atom is 0.0821 e. The van der Waals surface area contributed by atoms with Crippen molar-refractivity contribution in [2.24, 2.45) is 0 Å². The van der Waals surface area contributed by atoms with Gasteiger partial charge in [0.25, 0.3) is 0 Å². The van der Waals surface area contributed by atoms with Crippen molar-refractivity contribution in [3.63, 3.8) is 0 Å². The van der Waals surface area contributed by atoms with Crippen molar-refractivity contribution >= 4 is 0 Å². The van der Waals surface area contributed by atoms with E-state index >= 15 is 0 Å². The van der Waals surface area contributed by atoms with E-state index < -0.39 is 12.2 Å². The van der Waals surface area contributed by atoms with Crippen molar-refractivity contribution in [3.05, 3.63) is 0 Å². The zero-order chi connectivity index (χ0) is 8.27. The molecule has 0 amide bonds. The van der Waals surface area contributed by atoms with Crippen molar-refractivity contribution < 1.29 is 14.9 Å². The Labute approximate surface area is 67.0 Å². The van der Waals surface area contributed by atoms with Crippen LogP contribution in [0.3, 0.4) is 0 Å². The highest BCUT2D eigenvalue weighted by Crippen LogP contribution is 2.17. The van der Waals surface area contributed by atoms with E-state index in [-0.39, 0.29) is 6.10 Å². The number of aliphatic hydroxyl groups is 2. The van der Waals surface area contributed by atoms with Crippen LogP contribution in [0.15, 0.2) is 0 Å². The minimum atomic E-state index is -0.640. The summed E-state index contributed by atoms with van der Waals surface area (Å²) in [5, 5.41) is 18.2. The first kappa shape index (κ1) is 8.97. The highest BCUT2D eigenvalue weighted by Gasteiger charge is 2.21. The van der Waals surface area contributed by atoms with Crippen LogP contribution < -0.4 is 0 Å². The lowest BCUT2D eigenvalue weighted by Gasteiger charge is -2.17. The highest BCUT2D eigenvalue weighted by molar-refractivity contribution is 4.72. The van der Waals surface area contributed by atoms with Gasteiger partial charge in [-0.25, -0.2) is 0 Å². The van der Waals surface area contributed by atoms with E-state index in [1.165, 1.54) is 0 Å². The molecule has 1 aliphatic rings. The van der Waals surface area contributed by atoms with Crippen LogP contribution in [0.2, 0.25) is 0 Å². The average molecular weight is 160 g/mol. The Hall–Kier alpha value is -0.120. The molecular weight excluding hydrogens is 144 g/mol. The first-order valence-corrected chi connectivity index (χ1v) is 4.18. The van der Waals surface area contributed by atoms with E-state index in [9.17, 15) is 5.11 Å². The summed E-state index contributed by atoms with van der Waals surface area (Å²) in [6.07, 6.45) is 1.57. The van der Waals surface area contributed by atoms with Crippen LogP contribution in [-0.4, -0.2) is 35.1 Å². The van der Waals surface area contributed by atoms with Crippen molar-refractivity contribution in [3.8, 4) is 0 Å². The molecule has 2 N–H and O–H groups in total. The smallest absolute Gasteiger partial charge is 0.0821 e. The fraction of sp³-hybridized carbons (Fsp3) is 1.00. The lowest BCUT2D eigenvalue weighted by molar-refractivity contribution is -0.0101. The van der Waals surface area contributed by atoms with Gasteiger partial charge in [-0.15, -0.1) is 0 Å². The molecule has 1 aliphatic heterocycles. The minimum absolute atomic E-state index is 0.166. The van der Waals surface area contributed by atoms with Gasteiger partial charge in [0.1, 0.15) is 0 Å². The monoisotopic (exact) mass is 160 g/mol. The number of ether oxygens (including phenoxy) is 1. The summed E-state index contributed by atoms with van der Waals surface area (Å²) >= 11 is 0. The molecule has 0 aliphatic carbocycles. The van der Waals surface area contributed by atoms with Gasteiger partial charge >= 0.3 is 0 Å². The Bertz CT molecular complexity index is 108. The summed E-state index contributed by atoms with van der Waals surface area (Å²) < 4.78 is 5.30. The second kappa shape index (κ2) is 4.04. The van der Waals surface area contributed by atoms with Gasteiger partial charge in [0.15, 0.2) is 0 Å². The van der Waals surface area contributed by atoms with Gasteiger partial charge in [0.2, 0.25) is 0 Å². The average Bonchev–Trinajstić information content (AvgIpc) is 2.39. The second-order valence-corrected chi connectivity index (χ2v) is 3.18. The molecule has 1 heterocycles. The summed E-state index contributed by atoms with van der Waals surface area (Å²) in [5.41, 5.74) is 0. The number of rotatable bonds is 3. The number of hydrogen-bond donors (Lipinski definition) is 2. The fourth-order valence-corrected chi connectivity index (χ4v) is 1.30. The summed E-state index contributed by atoms with van der Waals surface area (Å²) in [4.78, 5) is 0. The van der Waals surface area contributed by atoms with Crippen LogP contribution in [-0.2, 0) is 4.74 Å². The molecular formula is C8H16O3. The predicted molar refractivity (Wildman–Crippen MR) is 41.3 cm³/mol. The van der Waals surface area contributed by atoms with E-state index in [0.717, 1.165) is 19.4 Å². The summed E-state index contributed by atoms with van der Waals surface area (Å²) in [7, 11) is 0. The normalized spacial score (nSPS) is 30.3. The molecule has 1 rings (SSSR count). The molecule has 3 heteroatoms. The van der Waals surface area contributed by atoms with Gasteiger partial charge < -0.3 is 14.9 Å². The maximum absolute atomic E-state index is 9.26. The maximum atomic E-state index is 9.26. The van der Waals surface area contributed by atoms with Crippen molar-refractivity contribution in [2.45, 2.75) is 44.5 Å². The minimum Gasteiger partial charge on any atom is -0.391 e. The van der Waals surface area contributed by atoms with Gasteiger partial charge in [-0.05, 0) is 19.8 Å². The highest BCUT2D eigenvalue weighted by atomic mass is 16.5. The third kappa shape index (κ3) is 2.77. The zero-order valence-electron chi connectivity index (χ0n) is 6.86. The van der Waals surface area contributed by atoms with Crippen LogP contribution in [0.25, 0.3) is 0 Å². The fourth-order valence-electron chi connectivity index (χ4n) is 1.30. The molecule has 66 valence electrons. The van der Waals surface area contributed by atoms with Gasteiger partial charge in [0, 0.05) is 13.0 Å². The van der Waals surface area contributed by atoms with Crippen LogP contribution in [0.1, 0.15) is 26.2 Å². The van der Waals surface area contributed by atoms with Gasteiger partial charge in [-0.3, -0.25) is 0 Å². The molecule has 0 spiro atoms. The summed E-state index contributed by atoms with van der Waals surface area (Å²) in [5.74, 6) is 0. The van der Waals surface area contributed by atoms with Crippen LogP contribution in [0.4, 0.5) is 0 Å². The molecule has 0 radical (unpaired) electrons. The molecule has 1 fully saturated rings. The van der Waals surface area contributed by atoms with E-state index in [1.54, 1.807) is 6.92 Å². The van der Waals surface area contributed by atoms with E-state index in [1.807, 2.05) is 0 Å². The molecule has 0 aromatic heterocycles. The predicted octanol–water partition coefficient (Wildman–Crippen LogP) is 0.297. The van der Waals surface area contributed by atoms with Gasteiger partial charge in [0.05, 0.1) is 18.3 Å². The third-order valence-electron chi connectivity index (χ3n) is 2.09. The van der Waals surface area contributed by atoms with Crippen molar-refractivity contribution in [1.82, 2.24) is 0 Å². The second-order valence-electron chi connectivity index (χ2n) is 3.18. The quantitative estimate of drug-likeness (QED) is 0.624. The van der Waals surface area contributed by atoms with Gasteiger partial charge in [-0.1, -0.05) is 0 Å². The van der Waals surface area contributed by atoms with Crippen molar-refractivity contribution in [1.29, 1.82) is 0 Å². The Morgan fingerprint density at radius 2 is 2.27 bits per heavy atom. The zero-order valence-corrected chi connectivity index (χ0v) is 6.86. The Kier molecular flexibility index (Phi) is 3.30. The molecule has 3 atom stereocenters. The SMILES string of the molecule is CC(O)C(O)CC1CCCO1. The van der Waals surface area contributed by atoms with Crippen LogP contribution >= 0.6 is 0 Å². The lowest BCUT2D eigenvalue weighted by Crippen LogP contribution is -2.27.